The summed E-state index contributed by atoms with van der Waals surface area (Å²) in [6.07, 6.45) is -1.51. The van der Waals surface area contributed by atoms with Gasteiger partial charge in [-0.3, -0.25) is 4.79 Å². The monoisotopic (exact) mass is 481 g/mol. The Balaban J connectivity index is 1.57. The number of benzene rings is 2. The third kappa shape index (κ3) is 6.97. The van der Waals surface area contributed by atoms with Crippen LogP contribution in [-0.2, 0) is 15.7 Å². The van der Waals surface area contributed by atoms with E-state index < -0.39 is 22.8 Å². The number of carbonyl (C=O) groups is 2. The van der Waals surface area contributed by atoms with Crippen molar-refractivity contribution in [2.75, 3.05) is 23.7 Å². The molecule has 2 atom stereocenters. The molecule has 6 nitrogen and oxygen atoms in total. The lowest BCUT2D eigenvalue weighted by Gasteiger charge is -2.34. The summed E-state index contributed by atoms with van der Waals surface area (Å²) in [7, 11) is 0. The molecule has 2 N–H and O–H groups in total. The van der Waals surface area contributed by atoms with Gasteiger partial charge in [0.1, 0.15) is 0 Å². The topological polar surface area (TPSA) is 70.7 Å². The number of morpholine rings is 1. The minimum atomic E-state index is -4.63. The van der Waals surface area contributed by atoms with E-state index >= 15 is 0 Å². The lowest BCUT2D eigenvalue weighted by molar-refractivity contribution is -0.138. The van der Waals surface area contributed by atoms with Crippen LogP contribution in [0, 0.1) is 0 Å². The second-order valence-corrected chi connectivity index (χ2v) is 8.13. The third-order valence-corrected chi connectivity index (χ3v) is 5.18. The Morgan fingerprint density at radius 3 is 2.21 bits per heavy atom. The lowest BCUT2D eigenvalue weighted by Crippen LogP contribution is -2.47. The molecule has 1 heterocycles. The van der Waals surface area contributed by atoms with Crippen LogP contribution in [0.5, 0.6) is 0 Å². The Hall–Kier alpha value is -3.04. The Morgan fingerprint density at radius 1 is 1.03 bits per heavy atom. The van der Waals surface area contributed by atoms with Crippen molar-refractivity contribution < 1.29 is 27.5 Å². The summed E-state index contributed by atoms with van der Waals surface area (Å²) in [6.45, 7) is 4.90. The molecule has 0 aliphatic carbocycles. The highest BCUT2D eigenvalue weighted by Gasteiger charge is 2.33. The number of nitrogens with zero attached hydrogens (tertiary/aromatic N) is 1. The van der Waals surface area contributed by atoms with Crippen LogP contribution in [0.2, 0.25) is 5.02 Å². The number of hydrogen-bond acceptors (Lipinski definition) is 3. The first-order chi connectivity index (χ1) is 15.5. The molecule has 0 bridgehead atoms. The van der Waals surface area contributed by atoms with Crippen molar-refractivity contribution in [2.45, 2.75) is 32.2 Å². The van der Waals surface area contributed by atoms with E-state index in [0.717, 1.165) is 17.7 Å². The molecule has 1 aliphatic rings. The van der Waals surface area contributed by atoms with E-state index in [0.29, 0.717) is 18.8 Å². The summed E-state index contributed by atoms with van der Waals surface area (Å²) in [5.74, 6) is -0.111. The van der Waals surface area contributed by atoms with E-state index in [9.17, 15) is 22.8 Å². The van der Waals surface area contributed by atoms with Gasteiger partial charge in [-0.05, 0) is 55.8 Å². The first-order valence-electron chi connectivity index (χ1n) is 10.2. The molecule has 33 heavy (non-hydrogen) atoms. The zero-order chi connectivity index (χ0) is 24.2. The predicted octanol–water partition coefficient (Wildman–Crippen LogP) is 5.65. The molecule has 3 rings (SSSR count). The van der Waals surface area contributed by atoms with Crippen LogP contribution in [0.1, 0.15) is 25.0 Å². The summed E-state index contributed by atoms with van der Waals surface area (Å²) >= 11 is 5.58. The Kier molecular flexibility index (Phi) is 7.65. The Bertz CT molecular complexity index is 1030. The number of halogens is 4. The maximum atomic E-state index is 13.0. The number of nitrogens with one attached hydrogen (secondary N) is 2. The SMILES string of the molecule is CC1CN(C(=O)/C=C/c2ccc(NC(=O)Nc3ccc(Cl)c(C(F)(F)F)c3)cc2)CC(C)O1. The quantitative estimate of drug-likeness (QED) is 0.554. The molecular weight excluding hydrogens is 459 g/mol. The average molecular weight is 482 g/mol. The molecule has 176 valence electrons. The molecule has 0 radical (unpaired) electrons. The van der Waals surface area contributed by atoms with Gasteiger partial charge in [-0.1, -0.05) is 23.7 Å². The normalized spacial score (nSPS) is 18.9. The highest BCUT2D eigenvalue weighted by atomic mass is 35.5. The maximum absolute atomic E-state index is 13.0. The lowest BCUT2D eigenvalue weighted by atomic mass is 10.1. The fourth-order valence-electron chi connectivity index (χ4n) is 3.42. The van der Waals surface area contributed by atoms with Gasteiger partial charge in [-0.2, -0.15) is 13.2 Å². The van der Waals surface area contributed by atoms with Gasteiger partial charge in [0.2, 0.25) is 5.91 Å². The van der Waals surface area contributed by atoms with E-state index in [2.05, 4.69) is 10.6 Å². The van der Waals surface area contributed by atoms with E-state index in [1.165, 1.54) is 12.1 Å². The molecular formula is C23H23ClF3N3O3. The van der Waals surface area contributed by atoms with Crippen LogP contribution in [0.4, 0.5) is 29.3 Å². The summed E-state index contributed by atoms with van der Waals surface area (Å²) in [6, 6.07) is 9.04. The number of hydrogen-bond donors (Lipinski definition) is 2. The summed E-state index contributed by atoms with van der Waals surface area (Å²) < 4.78 is 44.5. The number of rotatable bonds is 4. The fourth-order valence-corrected chi connectivity index (χ4v) is 3.65. The number of ether oxygens (including phenoxy) is 1. The smallest absolute Gasteiger partial charge is 0.372 e. The van der Waals surface area contributed by atoms with Gasteiger partial charge in [0.15, 0.2) is 0 Å². The number of urea groups is 1. The molecule has 0 saturated carbocycles. The molecule has 1 fully saturated rings. The van der Waals surface area contributed by atoms with Crippen molar-refractivity contribution >= 4 is 41.0 Å². The van der Waals surface area contributed by atoms with Crippen LogP contribution in [0.25, 0.3) is 6.08 Å². The Morgan fingerprint density at radius 2 is 1.61 bits per heavy atom. The molecule has 3 amide bonds. The second-order valence-electron chi connectivity index (χ2n) is 7.73. The molecule has 1 aliphatic heterocycles. The Labute approximate surface area is 194 Å². The molecule has 10 heteroatoms. The molecule has 0 spiro atoms. The van der Waals surface area contributed by atoms with Gasteiger partial charge in [-0.15, -0.1) is 0 Å². The van der Waals surface area contributed by atoms with Crippen LogP contribution in [-0.4, -0.2) is 42.1 Å². The minimum Gasteiger partial charge on any atom is -0.372 e. The number of amides is 3. The van der Waals surface area contributed by atoms with Crippen molar-refractivity contribution in [1.29, 1.82) is 0 Å². The van der Waals surface area contributed by atoms with Crippen LogP contribution < -0.4 is 10.6 Å². The first-order valence-corrected chi connectivity index (χ1v) is 10.6. The van der Waals surface area contributed by atoms with Crippen molar-refractivity contribution in [2.24, 2.45) is 0 Å². The van der Waals surface area contributed by atoms with Crippen molar-refractivity contribution in [3.8, 4) is 0 Å². The fraction of sp³-hybridized carbons (Fsp3) is 0.304. The summed E-state index contributed by atoms with van der Waals surface area (Å²) in [5.41, 5.74) is 0.0932. The number of carbonyl (C=O) groups excluding carboxylic acids is 2. The summed E-state index contributed by atoms with van der Waals surface area (Å²) in [5, 5.41) is 4.43. The van der Waals surface area contributed by atoms with E-state index in [-0.39, 0.29) is 23.8 Å². The third-order valence-electron chi connectivity index (χ3n) is 4.85. The molecule has 1 saturated heterocycles. The van der Waals surface area contributed by atoms with Gasteiger partial charge in [0, 0.05) is 30.5 Å². The summed E-state index contributed by atoms with van der Waals surface area (Å²) in [4.78, 5) is 26.3. The van der Waals surface area contributed by atoms with E-state index in [4.69, 9.17) is 16.3 Å². The minimum absolute atomic E-state index is 0.0180. The molecule has 2 aromatic rings. The van der Waals surface area contributed by atoms with Crippen LogP contribution in [0.3, 0.4) is 0 Å². The van der Waals surface area contributed by atoms with Crippen LogP contribution >= 0.6 is 11.6 Å². The highest BCUT2D eigenvalue weighted by molar-refractivity contribution is 6.31. The zero-order valence-corrected chi connectivity index (χ0v) is 18.7. The highest BCUT2D eigenvalue weighted by Crippen LogP contribution is 2.36. The van der Waals surface area contributed by atoms with Gasteiger partial charge >= 0.3 is 12.2 Å². The van der Waals surface area contributed by atoms with Gasteiger partial charge < -0.3 is 20.3 Å². The average Bonchev–Trinajstić information content (AvgIpc) is 2.73. The standard InChI is InChI=1S/C23H23ClF3N3O3/c1-14-12-30(13-15(2)33-14)21(31)10-5-16-3-6-17(7-4-16)28-22(32)29-18-8-9-20(24)19(11-18)23(25,26)27/h3-11,14-15H,12-13H2,1-2H3,(H2,28,29,32)/b10-5+. The predicted molar refractivity (Wildman–Crippen MR) is 121 cm³/mol. The van der Waals surface area contributed by atoms with Crippen LogP contribution in [0.15, 0.2) is 48.5 Å². The largest absolute Gasteiger partial charge is 0.417 e. The van der Waals surface area contributed by atoms with Gasteiger partial charge in [0.05, 0.1) is 22.8 Å². The zero-order valence-electron chi connectivity index (χ0n) is 17.9. The molecule has 0 aromatic heterocycles. The number of anilines is 2. The first kappa shape index (κ1) is 24.6. The van der Waals surface area contributed by atoms with Gasteiger partial charge in [0.25, 0.3) is 0 Å². The molecule has 2 aromatic carbocycles. The molecule has 2 unspecified atom stereocenters. The maximum Gasteiger partial charge on any atom is 0.417 e. The van der Waals surface area contributed by atoms with Crippen molar-refractivity contribution in [3.05, 3.63) is 64.7 Å². The second kappa shape index (κ2) is 10.3. The van der Waals surface area contributed by atoms with Crippen molar-refractivity contribution in [3.63, 3.8) is 0 Å². The van der Waals surface area contributed by atoms with Crippen molar-refractivity contribution in [1.82, 2.24) is 4.90 Å². The number of alkyl halides is 3. The van der Waals surface area contributed by atoms with E-state index in [1.54, 1.807) is 35.2 Å². The van der Waals surface area contributed by atoms with E-state index in [1.807, 2.05) is 13.8 Å². The van der Waals surface area contributed by atoms with Gasteiger partial charge in [-0.25, -0.2) is 4.79 Å².